The molecule has 3 heterocycles. The minimum atomic E-state index is 0.897. The fraction of sp³-hybridized carbons (Fsp3) is 1.00. The Hall–Kier alpha value is -0.0800. The molecule has 1 atom stereocenters. The highest BCUT2D eigenvalue weighted by molar-refractivity contribution is 4.87. The number of hydrogen-bond donors (Lipinski definition) is 0. The van der Waals surface area contributed by atoms with Gasteiger partial charge in [0.2, 0.25) is 0 Å². The van der Waals surface area contributed by atoms with Crippen LogP contribution in [0.5, 0.6) is 0 Å². The van der Waals surface area contributed by atoms with Gasteiger partial charge in [-0.15, -0.1) is 0 Å². The Morgan fingerprint density at radius 1 is 0.875 bits per heavy atom. The summed E-state index contributed by atoms with van der Waals surface area (Å²) in [5, 5.41) is 0. The number of hydrogen-bond acceptors (Lipinski definition) is 2. The minimum absolute atomic E-state index is 0.897. The Bertz CT molecular complexity index is 185. The molecule has 3 rings (SSSR count). The molecule has 0 N–H and O–H groups in total. The Labute approximate surface area is 101 Å². The van der Waals surface area contributed by atoms with Crippen molar-refractivity contribution in [3.63, 3.8) is 0 Å². The summed E-state index contributed by atoms with van der Waals surface area (Å²) in [5.74, 6) is 0. The minimum Gasteiger partial charge on any atom is -0.299 e. The number of nitrogens with zero attached hydrogens (tertiary/aromatic N) is 2. The zero-order valence-corrected chi connectivity index (χ0v) is 11.0. The predicted octanol–water partition coefficient (Wildman–Crippen LogP) is 2.74. The van der Waals surface area contributed by atoms with Crippen molar-refractivity contribution in [2.24, 2.45) is 0 Å². The first-order chi connectivity index (χ1) is 7.90. The van der Waals surface area contributed by atoms with E-state index < -0.39 is 0 Å². The number of unbranched alkanes of at least 4 members (excludes halogenated alkanes) is 5. The van der Waals surface area contributed by atoms with E-state index in [-0.39, 0.29) is 0 Å². The van der Waals surface area contributed by atoms with Gasteiger partial charge in [0.15, 0.2) is 0 Å². The lowest BCUT2D eigenvalue weighted by Crippen LogP contribution is -2.60. The highest BCUT2D eigenvalue weighted by Gasteiger charge is 2.30. The van der Waals surface area contributed by atoms with Crippen molar-refractivity contribution >= 4 is 0 Å². The van der Waals surface area contributed by atoms with Gasteiger partial charge >= 0.3 is 0 Å². The molecule has 0 aromatic heterocycles. The lowest BCUT2D eigenvalue weighted by molar-refractivity contribution is 0.00885. The third kappa shape index (κ3) is 3.46. The maximum absolute atomic E-state index is 2.73. The van der Waals surface area contributed by atoms with E-state index >= 15 is 0 Å². The van der Waals surface area contributed by atoms with Gasteiger partial charge in [-0.1, -0.05) is 45.4 Å². The number of rotatable bonds is 7. The van der Waals surface area contributed by atoms with E-state index in [4.69, 9.17) is 0 Å². The molecule has 1 unspecified atom stereocenters. The van der Waals surface area contributed by atoms with E-state index in [1.54, 1.807) is 0 Å². The molecule has 2 heteroatoms. The summed E-state index contributed by atoms with van der Waals surface area (Å²) in [4.78, 5) is 5.38. The molecule has 0 radical (unpaired) electrons. The van der Waals surface area contributed by atoms with Crippen LogP contribution < -0.4 is 0 Å². The highest BCUT2D eigenvalue weighted by Crippen LogP contribution is 2.20. The average Bonchev–Trinajstić information content (AvgIpc) is 2.35. The summed E-state index contributed by atoms with van der Waals surface area (Å²) in [6.45, 7) is 8.97. The summed E-state index contributed by atoms with van der Waals surface area (Å²) in [6, 6.07) is 0.897. The molecule has 0 aromatic rings. The van der Waals surface area contributed by atoms with E-state index in [1.807, 2.05) is 0 Å². The van der Waals surface area contributed by atoms with Crippen LogP contribution in [0, 0.1) is 0 Å². The van der Waals surface area contributed by atoms with Crippen LogP contribution in [-0.4, -0.2) is 48.6 Å². The van der Waals surface area contributed by atoms with Gasteiger partial charge in [-0.05, 0) is 6.42 Å². The fourth-order valence-electron chi connectivity index (χ4n) is 3.16. The van der Waals surface area contributed by atoms with E-state index in [1.165, 1.54) is 77.7 Å². The largest absolute Gasteiger partial charge is 0.299 e. The van der Waals surface area contributed by atoms with Crippen molar-refractivity contribution < 1.29 is 0 Å². The van der Waals surface area contributed by atoms with Crippen LogP contribution in [0.2, 0.25) is 0 Å². The van der Waals surface area contributed by atoms with E-state index in [0.29, 0.717) is 0 Å². The maximum atomic E-state index is 2.73. The molecule has 16 heavy (non-hydrogen) atoms. The first-order valence-corrected chi connectivity index (χ1v) is 7.36. The molecular formula is C14H28N2. The predicted molar refractivity (Wildman–Crippen MR) is 69.8 cm³/mol. The van der Waals surface area contributed by atoms with Gasteiger partial charge in [0.1, 0.15) is 0 Å². The molecule has 3 aliphatic rings. The van der Waals surface area contributed by atoms with E-state index in [9.17, 15) is 0 Å². The second-order valence-electron chi connectivity index (χ2n) is 5.55. The third-order valence-electron chi connectivity index (χ3n) is 4.28. The molecular weight excluding hydrogens is 196 g/mol. The lowest BCUT2D eigenvalue weighted by atomic mass is 10.0. The van der Waals surface area contributed by atoms with Crippen LogP contribution in [-0.2, 0) is 0 Å². The molecule has 3 saturated heterocycles. The number of fused-ring (bicyclic) bond motifs is 3. The summed E-state index contributed by atoms with van der Waals surface area (Å²) in [5.41, 5.74) is 0. The molecule has 0 saturated carbocycles. The quantitative estimate of drug-likeness (QED) is 0.614. The molecule has 3 aliphatic heterocycles. The van der Waals surface area contributed by atoms with E-state index in [0.717, 1.165) is 6.04 Å². The smallest absolute Gasteiger partial charge is 0.0224 e. The summed E-state index contributed by atoms with van der Waals surface area (Å²) >= 11 is 0. The van der Waals surface area contributed by atoms with Crippen molar-refractivity contribution in [2.75, 3.05) is 32.7 Å². The number of piperazine rings is 3. The Morgan fingerprint density at radius 2 is 1.56 bits per heavy atom. The van der Waals surface area contributed by atoms with Crippen molar-refractivity contribution in [1.82, 2.24) is 9.80 Å². The van der Waals surface area contributed by atoms with E-state index in [2.05, 4.69) is 16.7 Å². The molecule has 2 bridgehead atoms. The second-order valence-corrected chi connectivity index (χ2v) is 5.55. The molecule has 0 spiro atoms. The van der Waals surface area contributed by atoms with Crippen molar-refractivity contribution in [2.45, 2.75) is 57.9 Å². The van der Waals surface area contributed by atoms with Gasteiger partial charge in [-0.3, -0.25) is 9.80 Å². The monoisotopic (exact) mass is 224 g/mol. The van der Waals surface area contributed by atoms with Gasteiger partial charge in [0.05, 0.1) is 0 Å². The van der Waals surface area contributed by atoms with Crippen molar-refractivity contribution in [1.29, 1.82) is 0 Å². The Morgan fingerprint density at radius 3 is 2.19 bits per heavy atom. The third-order valence-corrected chi connectivity index (χ3v) is 4.28. The Kier molecular flexibility index (Phi) is 5.11. The zero-order chi connectivity index (χ0) is 11.2. The molecule has 3 fully saturated rings. The first kappa shape index (κ1) is 12.4. The first-order valence-electron chi connectivity index (χ1n) is 7.36. The van der Waals surface area contributed by atoms with Crippen LogP contribution in [0.3, 0.4) is 0 Å². The average molecular weight is 224 g/mol. The zero-order valence-electron chi connectivity index (χ0n) is 11.0. The summed E-state index contributed by atoms with van der Waals surface area (Å²) < 4.78 is 0. The fourth-order valence-corrected chi connectivity index (χ4v) is 3.16. The molecule has 0 amide bonds. The molecule has 2 nitrogen and oxygen atoms in total. The van der Waals surface area contributed by atoms with Gasteiger partial charge in [0.25, 0.3) is 0 Å². The summed E-state index contributed by atoms with van der Waals surface area (Å²) in [7, 11) is 0. The molecule has 0 aromatic carbocycles. The van der Waals surface area contributed by atoms with Crippen molar-refractivity contribution in [3.05, 3.63) is 0 Å². The van der Waals surface area contributed by atoms with Crippen molar-refractivity contribution in [3.8, 4) is 0 Å². The van der Waals surface area contributed by atoms with Gasteiger partial charge < -0.3 is 0 Å². The Balaban J connectivity index is 1.53. The molecule has 0 aliphatic carbocycles. The SMILES string of the molecule is CCCCCCCCC1CN2CCN1CC2. The normalized spacial score (nSPS) is 33.2. The second kappa shape index (κ2) is 6.61. The van der Waals surface area contributed by atoms with Crippen LogP contribution >= 0.6 is 0 Å². The lowest BCUT2D eigenvalue weighted by Gasteiger charge is -2.47. The maximum Gasteiger partial charge on any atom is 0.0224 e. The van der Waals surface area contributed by atoms with Gasteiger partial charge in [-0.2, -0.15) is 0 Å². The standard InChI is InChI=1S/C14H28N2/c1-2-3-4-5-6-7-8-14-13-15-9-11-16(14)12-10-15/h14H,2-13H2,1H3. The van der Waals surface area contributed by atoms with Crippen LogP contribution in [0.25, 0.3) is 0 Å². The van der Waals surface area contributed by atoms with Gasteiger partial charge in [0, 0.05) is 38.8 Å². The summed E-state index contributed by atoms with van der Waals surface area (Å²) in [6.07, 6.45) is 10.1. The van der Waals surface area contributed by atoms with Gasteiger partial charge in [-0.25, -0.2) is 0 Å². The van der Waals surface area contributed by atoms with Crippen LogP contribution in [0.4, 0.5) is 0 Å². The highest BCUT2D eigenvalue weighted by atomic mass is 15.3. The topological polar surface area (TPSA) is 6.48 Å². The molecule has 94 valence electrons. The van der Waals surface area contributed by atoms with Crippen LogP contribution in [0.1, 0.15) is 51.9 Å². The van der Waals surface area contributed by atoms with Crippen LogP contribution in [0.15, 0.2) is 0 Å².